The third-order valence-corrected chi connectivity index (χ3v) is 3.53. The first-order valence-electron chi connectivity index (χ1n) is 8.83. The fraction of sp³-hybridized carbons (Fsp3) is 0.632. The molecule has 0 radical (unpaired) electrons. The van der Waals surface area contributed by atoms with E-state index in [0.717, 1.165) is 49.5 Å². The molecule has 0 bridgehead atoms. The highest BCUT2D eigenvalue weighted by Crippen LogP contribution is 2.12. The molecule has 0 unspecified atom stereocenters. The molecule has 1 aromatic rings. The van der Waals surface area contributed by atoms with Gasteiger partial charge in [0.1, 0.15) is 0 Å². The van der Waals surface area contributed by atoms with E-state index in [1.54, 1.807) is 0 Å². The quantitative estimate of drug-likeness (QED) is 0.923. The summed E-state index contributed by atoms with van der Waals surface area (Å²) < 4.78 is 5.30. The third-order valence-electron chi connectivity index (χ3n) is 3.53. The van der Waals surface area contributed by atoms with Crippen molar-refractivity contribution in [2.45, 2.75) is 41.5 Å². The number of aryl methyl sites for hydroxylation is 2. The van der Waals surface area contributed by atoms with E-state index in [-0.39, 0.29) is 5.91 Å². The van der Waals surface area contributed by atoms with Gasteiger partial charge in [0.05, 0.1) is 13.2 Å². The molecule has 0 saturated carbocycles. The molecule has 0 aliphatic carbocycles. The Morgan fingerprint density at radius 3 is 2.13 bits per heavy atom. The summed E-state index contributed by atoms with van der Waals surface area (Å²) in [5, 5.41) is 3.01. The summed E-state index contributed by atoms with van der Waals surface area (Å²) in [4.78, 5) is 14.5. The monoisotopic (exact) mass is 322 g/mol. The van der Waals surface area contributed by atoms with Gasteiger partial charge in [0.15, 0.2) is 0 Å². The van der Waals surface area contributed by atoms with Crippen molar-refractivity contribution in [2.24, 2.45) is 0 Å². The van der Waals surface area contributed by atoms with E-state index in [2.05, 4.69) is 10.2 Å². The van der Waals surface area contributed by atoms with E-state index in [0.29, 0.717) is 6.54 Å². The second-order valence-electron chi connectivity index (χ2n) is 4.98. The number of hydrogen-bond donors (Lipinski definition) is 1. The Kier molecular flexibility index (Phi) is 12.3. The number of benzene rings is 1. The highest BCUT2D eigenvalue weighted by atomic mass is 16.5. The van der Waals surface area contributed by atoms with Crippen LogP contribution in [0.1, 0.15) is 49.2 Å². The predicted octanol–water partition coefficient (Wildman–Crippen LogP) is 3.42. The van der Waals surface area contributed by atoms with Crippen LogP contribution in [0.2, 0.25) is 0 Å². The lowest BCUT2D eigenvalue weighted by molar-refractivity contribution is 0.0383. The van der Waals surface area contributed by atoms with Crippen LogP contribution in [0.15, 0.2) is 18.2 Å². The highest BCUT2D eigenvalue weighted by molar-refractivity contribution is 5.97. The first-order valence-corrected chi connectivity index (χ1v) is 8.83. The molecule has 1 amide bonds. The summed E-state index contributed by atoms with van der Waals surface area (Å²) >= 11 is 0. The van der Waals surface area contributed by atoms with Gasteiger partial charge in [0.2, 0.25) is 0 Å². The van der Waals surface area contributed by atoms with Gasteiger partial charge in [-0.15, -0.1) is 0 Å². The maximum Gasteiger partial charge on any atom is 0.251 e. The standard InChI is InChI=1S/C15H22N2O2.2C2H6/c1-12-4-3-5-13(2)14(12)15(18)16-6-7-17-8-10-19-11-9-17;2*1-2/h3-5H,6-11H2,1-2H3,(H,16,18);2*1-2H3. The van der Waals surface area contributed by atoms with Crippen molar-refractivity contribution in [3.05, 3.63) is 34.9 Å². The van der Waals surface area contributed by atoms with Gasteiger partial charge in [-0.1, -0.05) is 45.9 Å². The Morgan fingerprint density at radius 1 is 1.09 bits per heavy atom. The second-order valence-corrected chi connectivity index (χ2v) is 4.98. The molecule has 1 aliphatic rings. The zero-order valence-electron chi connectivity index (χ0n) is 15.7. The van der Waals surface area contributed by atoms with Crippen molar-refractivity contribution >= 4 is 5.91 Å². The Hall–Kier alpha value is -1.39. The topological polar surface area (TPSA) is 41.6 Å². The molecule has 0 atom stereocenters. The minimum atomic E-state index is 0.0314. The summed E-state index contributed by atoms with van der Waals surface area (Å²) in [5.41, 5.74) is 2.87. The minimum absolute atomic E-state index is 0.0314. The summed E-state index contributed by atoms with van der Waals surface area (Å²) in [6, 6.07) is 5.93. The van der Waals surface area contributed by atoms with Crippen LogP contribution in [0.4, 0.5) is 0 Å². The fourth-order valence-corrected chi connectivity index (χ4v) is 2.41. The van der Waals surface area contributed by atoms with Crippen LogP contribution in [-0.4, -0.2) is 50.2 Å². The Bertz CT molecular complexity index is 421. The van der Waals surface area contributed by atoms with Crippen LogP contribution in [0.25, 0.3) is 0 Å². The zero-order valence-corrected chi connectivity index (χ0v) is 15.7. The number of carbonyl (C=O) groups is 1. The predicted molar refractivity (Wildman–Crippen MR) is 98.2 cm³/mol. The number of carbonyl (C=O) groups excluding carboxylic acids is 1. The van der Waals surface area contributed by atoms with E-state index in [9.17, 15) is 4.79 Å². The number of rotatable bonds is 4. The van der Waals surface area contributed by atoms with E-state index < -0.39 is 0 Å². The molecule has 0 spiro atoms. The van der Waals surface area contributed by atoms with E-state index in [1.807, 2.05) is 59.7 Å². The number of nitrogens with zero attached hydrogens (tertiary/aromatic N) is 1. The van der Waals surface area contributed by atoms with Crippen LogP contribution in [0, 0.1) is 13.8 Å². The fourth-order valence-electron chi connectivity index (χ4n) is 2.41. The van der Waals surface area contributed by atoms with Gasteiger partial charge >= 0.3 is 0 Å². The maximum absolute atomic E-state index is 12.2. The van der Waals surface area contributed by atoms with Crippen molar-refractivity contribution < 1.29 is 9.53 Å². The summed E-state index contributed by atoms with van der Waals surface area (Å²) in [6.45, 7) is 17.0. The number of ether oxygens (including phenoxy) is 1. The lowest BCUT2D eigenvalue weighted by atomic mass is 10.0. The summed E-state index contributed by atoms with van der Waals surface area (Å²) in [5.74, 6) is 0.0314. The van der Waals surface area contributed by atoms with E-state index >= 15 is 0 Å². The average molecular weight is 322 g/mol. The zero-order chi connectivity index (χ0) is 17.7. The number of hydrogen-bond acceptors (Lipinski definition) is 3. The molecule has 4 heteroatoms. The van der Waals surface area contributed by atoms with Crippen molar-refractivity contribution in [3.63, 3.8) is 0 Å². The molecule has 1 fully saturated rings. The van der Waals surface area contributed by atoms with Crippen LogP contribution >= 0.6 is 0 Å². The highest BCUT2D eigenvalue weighted by Gasteiger charge is 2.13. The molecule has 1 aromatic carbocycles. The Balaban J connectivity index is 0.00000112. The molecule has 2 rings (SSSR count). The number of morpholine rings is 1. The summed E-state index contributed by atoms with van der Waals surface area (Å²) in [7, 11) is 0. The SMILES string of the molecule is CC.CC.Cc1cccc(C)c1C(=O)NCCN1CCOCC1. The number of nitrogens with one attached hydrogen (secondary N) is 1. The third kappa shape index (κ3) is 7.62. The maximum atomic E-state index is 12.2. The smallest absolute Gasteiger partial charge is 0.251 e. The van der Waals surface area contributed by atoms with Crippen molar-refractivity contribution in [3.8, 4) is 0 Å². The van der Waals surface area contributed by atoms with Gasteiger partial charge in [0.25, 0.3) is 5.91 Å². The molecule has 132 valence electrons. The molecular formula is C19H34N2O2. The van der Waals surface area contributed by atoms with Crippen LogP contribution < -0.4 is 5.32 Å². The molecular weight excluding hydrogens is 288 g/mol. The molecule has 1 aliphatic heterocycles. The molecule has 4 nitrogen and oxygen atoms in total. The van der Waals surface area contributed by atoms with E-state index in [1.165, 1.54) is 0 Å². The first-order chi connectivity index (χ1) is 11.2. The van der Waals surface area contributed by atoms with Crippen molar-refractivity contribution in [1.29, 1.82) is 0 Å². The molecule has 1 N–H and O–H groups in total. The van der Waals surface area contributed by atoms with E-state index in [4.69, 9.17) is 4.74 Å². The molecule has 23 heavy (non-hydrogen) atoms. The second kappa shape index (κ2) is 13.1. The van der Waals surface area contributed by atoms with Crippen molar-refractivity contribution in [2.75, 3.05) is 39.4 Å². The van der Waals surface area contributed by atoms with Gasteiger partial charge in [-0.25, -0.2) is 0 Å². The van der Waals surface area contributed by atoms with Crippen LogP contribution in [0.3, 0.4) is 0 Å². The normalized spacial score (nSPS) is 14.0. The molecule has 1 saturated heterocycles. The lowest BCUT2D eigenvalue weighted by Crippen LogP contribution is -2.41. The summed E-state index contributed by atoms with van der Waals surface area (Å²) in [6.07, 6.45) is 0. The lowest BCUT2D eigenvalue weighted by Gasteiger charge is -2.26. The van der Waals surface area contributed by atoms with Crippen LogP contribution in [0.5, 0.6) is 0 Å². The number of amides is 1. The van der Waals surface area contributed by atoms with Gasteiger partial charge in [-0.05, 0) is 25.0 Å². The van der Waals surface area contributed by atoms with Gasteiger partial charge in [-0.3, -0.25) is 9.69 Å². The largest absolute Gasteiger partial charge is 0.379 e. The van der Waals surface area contributed by atoms with Gasteiger partial charge < -0.3 is 10.1 Å². The molecule has 1 heterocycles. The molecule has 0 aromatic heterocycles. The van der Waals surface area contributed by atoms with Crippen LogP contribution in [-0.2, 0) is 4.74 Å². The minimum Gasteiger partial charge on any atom is -0.379 e. The average Bonchev–Trinajstić information content (AvgIpc) is 2.59. The first kappa shape index (κ1) is 21.6. The van der Waals surface area contributed by atoms with Gasteiger partial charge in [-0.2, -0.15) is 0 Å². The van der Waals surface area contributed by atoms with Gasteiger partial charge in [0, 0.05) is 31.7 Å². The van der Waals surface area contributed by atoms with Crippen molar-refractivity contribution in [1.82, 2.24) is 10.2 Å². The Labute approximate surface area is 142 Å². The Morgan fingerprint density at radius 2 is 1.61 bits per heavy atom.